The van der Waals surface area contributed by atoms with Crippen molar-refractivity contribution in [3.63, 3.8) is 0 Å². The van der Waals surface area contributed by atoms with Crippen LogP contribution in [-0.4, -0.2) is 58.9 Å². The molecule has 5 heterocycles. The summed E-state index contributed by atoms with van der Waals surface area (Å²) in [5.74, 6) is -0.501. The van der Waals surface area contributed by atoms with Crippen LogP contribution in [0.3, 0.4) is 0 Å². The number of hydrogen-bond donors (Lipinski definition) is 1. The fourth-order valence-corrected chi connectivity index (χ4v) is 5.81. The zero-order valence-corrected chi connectivity index (χ0v) is 23.9. The number of nitrogens with one attached hydrogen (secondary N) is 1. The summed E-state index contributed by atoms with van der Waals surface area (Å²) in [4.78, 5) is 50.3. The number of fused-ring (bicyclic) bond motifs is 2. The van der Waals surface area contributed by atoms with Crippen molar-refractivity contribution >= 4 is 39.6 Å². The Balaban J connectivity index is 1.66. The largest absolute Gasteiger partial charge is 0.332 e. The van der Waals surface area contributed by atoms with Gasteiger partial charge in [-0.15, -0.1) is 0 Å². The van der Waals surface area contributed by atoms with E-state index in [9.17, 15) is 14.4 Å². The van der Waals surface area contributed by atoms with Crippen LogP contribution >= 0.6 is 11.6 Å². The number of para-hydroxylation sites is 1. The Bertz CT molecular complexity index is 2040. The van der Waals surface area contributed by atoms with E-state index < -0.39 is 29.2 Å². The molecule has 1 N–H and O–H groups in total. The van der Waals surface area contributed by atoms with Crippen LogP contribution in [0.2, 0.25) is 5.02 Å². The molecule has 0 radical (unpaired) electrons. The van der Waals surface area contributed by atoms with E-state index in [1.54, 1.807) is 18.5 Å². The van der Waals surface area contributed by atoms with Crippen molar-refractivity contribution in [3.05, 3.63) is 92.4 Å². The Morgan fingerprint density at radius 1 is 1.24 bits per heavy atom. The summed E-state index contributed by atoms with van der Waals surface area (Å²) in [5, 5.41) is 8.12. The fourth-order valence-electron chi connectivity index (χ4n) is 5.56. The van der Waals surface area contributed by atoms with Crippen LogP contribution < -0.4 is 11.1 Å². The van der Waals surface area contributed by atoms with E-state index in [-0.39, 0.29) is 35.2 Å². The number of carbonyl (C=O) groups is 1. The second kappa shape index (κ2) is 10.0. The van der Waals surface area contributed by atoms with Crippen LogP contribution in [0.5, 0.6) is 0 Å². The van der Waals surface area contributed by atoms with E-state index in [2.05, 4.69) is 21.8 Å². The molecule has 42 heavy (non-hydrogen) atoms. The van der Waals surface area contributed by atoms with Gasteiger partial charge in [0, 0.05) is 17.1 Å². The Labute approximate surface area is 244 Å². The van der Waals surface area contributed by atoms with Gasteiger partial charge in [0.25, 0.3) is 0 Å². The minimum atomic E-state index is -1.94. The maximum absolute atomic E-state index is 15.8. The van der Waals surface area contributed by atoms with Crippen molar-refractivity contribution in [1.29, 1.82) is 0 Å². The predicted molar refractivity (Wildman–Crippen MR) is 159 cm³/mol. The molecule has 1 amide bonds. The zero-order chi connectivity index (χ0) is 29.9. The quantitative estimate of drug-likeness (QED) is 0.234. The van der Waals surface area contributed by atoms with Gasteiger partial charge in [-0.3, -0.25) is 33.6 Å². The predicted octanol–water partition coefficient (Wildman–Crippen LogP) is 4.31. The summed E-state index contributed by atoms with van der Waals surface area (Å²) < 4.78 is 18.2. The number of likely N-dealkylation sites (tertiary alicyclic amines) is 1. The van der Waals surface area contributed by atoms with Gasteiger partial charge in [0.2, 0.25) is 5.91 Å². The van der Waals surface area contributed by atoms with Gasteiger partial charge in [-0.2, -0.15) is 5.10 Å². The van der Waals surface area contributed by atoms with Gasteiger partial charge in [-0.05, 0) is 36.6 Å². The van der Waals surface area contributed by atoms with Crippen LogP contribution in [0.25, 0.3) is 39.0 Å². The maximum Gasteiger partial charge on any atom is 0.322 e. The SMILES string of the molecule is C=CC(=O)N1CC(F)(Cn2c(=O)c(=O)n(-c3c(C)ccnc3C(C)C)c3nc(-c4cccc5cn[nH]c45)c(Cl)cc32)C1. The average Bonchev–Trinajstić information content (AvgIpc) is 3.44. The molecular formula is C30H27ClFN7O3. The standard InChI is InChI=1S/C30H27ClFN7O3/c1-5-22(40)37-13-30(32,14-37)15-38-21-11-20(31)25(19-8-6-7-18-12-34-36-24(18)19)35-27(21)39(29(42)28(38)41)26-17(4)9-10-33-23(26)16(2)3/h5-12,16H,1,13-15H2,2-4H3,(H,34,36). The molecule has 1 aliphatic rings. The summed E-state index contributed by atoms with van der Waals surface area (Å²) >= 11 is 6.81. The molecule has 4 aromatic heterocycles. The van der Waals surface area contributed by atoms with Gasteiger partial charge in [0.1, 0.15) is 0 Å². The topological polar surface area (TPSA) is 119 Å². The molecule has 1 fully saturated rings. The number of aromatic amines is 1. The van der Waals surface area contributed by atoms with Gasteiger partial charge >= 0.3 is 11.1 Å². The highest BCUT2D eigenvalue weighted by molar-refractivity contribution is 6.34. The van der Waals surface area contributed by atoms with E-state index in [0.717, 1.165) is 16.0 Å². The second-order valence-electron chi connectivity index (χ2n) is 10.9. The molecule has 12 heteroatoms. The number of aromatic nitrogens is 6. The first kappa shape index (κ1) is 27.5. The van der Waals surface area contributed by atoms with Crippen LogP contribution in [-0.2, 0) is 11.3 Å². The van der Waals surface area contributed by atoms with E-state index in [1.807, 2.05) is 39.0 Å². The lowest BCUT2D eigenvalue weighted by Gasteiger charge is -2.44. The van der Waals surface area contributed by atoms with Crippen molar-refractivity contribution in [1.82, 2.24) is 34.2 Å². The monoisotopic (exact) mass is 587 g/mol. The number of H-pyrrole nitrogens is 1. The fraction of sp³-hybridized carbons (Fsp3) is 0.267. The molecule has 0 aliphatic carbocycles. The van der Waals surface area contributed by atoms with Crippen molar-refractivity contribution in [3.8, 4) is 16.9 Å². The lowest BCUT2D eigenvalue weighted by molar-refractivity contribution is -0.141. The molecule has 0 spiro atoms. The first-order valence-electron chi connectivity index (χ1n) is 13.4. The Kier molecular flexibility index (Phi) is 6.57. The number of aryl methyl sites for hydroxylation is 1. The number of nitrogens with zero attached hydrogens (tertiary/aromatic N) is 6. The lowest BCUT2D eigenvalue weighted by atomic mass is 9.95. The molecule has 1 aliphatic heterocycles. The van der Waals surface area contributed by atoms with Crippen molar-refractivity contribution < 1.29 is 9.18 Å². The van der Waals surface area contributed by atoms with Crippen LogP contribution in [0.4, 0.5) is 4.39 Å². The molecule has 6 rings (SSSR count). The highest BCUT2D eigenvalue weighted by Crippen LogP contribution is 2.35. The zero-order valence-electron chi connectivity index (χ0n) is 23.2. The molecule has 0 saturated carbocycles. The molecule has 10 nitrogen and oxygen atoms in total. The lowest BCUT2D eigenvalue weighted by Crippen LogP contribution is -2.63. The third kappa shape index (κ3) is 4.32. The second-order valence-corrected chi connectivity index (χ2v) is 11.3. The summed E-state index contributed by atoms with van der Waals surface area (Å²) in [6.45, 7) is 8.20. The van der Waals surface area contributed by atoms with Crippen molar-refractivity contribution in [2.45, 2.75) is 38.9 Å². The van der Waals surface area contributed by atoms with Gasteiger partial charge in [-0.1, -0.05) is 50.2 Å². The van der Waals surface area contributed by atoms with E-state index >= 15 is 4.39 Å². The van der Waals surface area contributed by atoms with E-state index in [0.29, 0.717) is 33.7 Å². The van der Waals surface area contributed by atoms with E-state index in [4.69, 9.17) is 16.6 Å². The molecule has 0 unspecified atom stereocenters. The molecular weight excluding hydrogens is 561 g/mol. The van der Waals surface area contributed by atoms with Gasteiger partial charge in [-0.25, -0.2) is 9.37 Å². The summed E-state index contributed by atoms with van der Waals surface area (Å²) in [6, 6.07) is 8.83. The third-order valence-electron chi connectivity index (χ3n) is 7.60. The molecule has 214 valence electrons. The Hall–Kier alpha value is -4.64. The summed E-state index contributed by atoms with van der Waals surface area (Å²) in [6.07, 6.45) is 4.43. The highest BCUT2D eigenvalue weighted by atomic mass is 35.5. The summed E-state index contributed by atoms with van der Waals surface area (Å²) in [7, 11) is 0. The molecule has 0 bridgehead atoms. The average molecular weight is 588 g/mol. The third-order valence-corrected chi connectivity index (χ3v) is 7.89. The Morgan fingerprint density at radius 3 is 2.71 bits per heavy atom. The minimum absolute atomic E-state index is 0.0905. The number of alkyl halides is 1. The minimum Gasteiger partial charge on any atom is -0.332 e. The molecule has 0 atom stereocenters. The smallest absolute Gasteiger partial charge is 0.322 e. The molecule has 5 aromatic rings. The van der Waals surface area contributed by atoms with Gasteiger partial charge < -0.3 is 4.90 Å². The number of carbonyl (C=O) groups excluding carboxylic acids is 1. The summed E-state index contributed by atoms with van der Waals surface area (Å²) in [5.41, 5.74) is -0.0436. The first-order chi connectivity index (χ1) is 20.0. The van der Waals surface area contributed by atoms with Crippen molar-refractivity contribution in [2.75, 3.05) is 13.1 Å². The number of pyridine rings is 2. The van der Waals surface area contributed by atoms with Crippen LogP contribution in [0.15, 0.2) is 65.0 Å². The number of benzene rings is 1. The number of rotatable bonds is 6. The van der Waals surface area contributed by atoms with Gasteiger partial charge in [0.05, 0.1) is 59.0 Å². The Morgan fingerprint density at radius 2 is 2.00 bits per heavy atom. The first-order valence-corrected chi connectivity index (χ1v) is 13.8. The van der Waals surface area contributed by atoms with Crippen LogP contribution in [0.1, 0.15) is 31.0 Å². The van der Waals surface area contributed by atoms with Gasteiger partial charge in [0.15, 0.2) is 11.3 Å². The number of hydrogen-bond acceptors (Lipinski definition) is 6. The van der Waals surface area contributed by atoms with Crippen LogP contribution in [0, 0.1) is 6.92 Å². The highest BCUT2D eigenvalue weighted by Gasteiger charge is 2.46. The number of halogens is 2. The normalized spacial score (nSPS) is 14.5. The number of amides is 1. The molecule has 1 saturated heterocycles. The maximum atomic E-state index is 15.8. The van der Waals surface area contributed by atoms with E-state index in [1.165, 1.54) is 15.5 Å². The molecule has 1 aromatic carbocycles. The van der Waals surface area contributed by atoms with Crippen molar-refractivity contribution in [2.24, 2.45) is 0 Å².